The highest BCUT2D eigenvalue weighted by atomic mass is 35.5. The molecule has 0 spiro atoms. The van der Waals surface area contributed by atoms with Crippen molar-refractivity contribution in [1.82, 2.24) is 0 Å². The maximum atomic E-state index is 10.8. The van der Waals surface area contributed by atoms with Crippen LogP contribution < -0.4 is 5.73 Å². The van der Waals surface area contributed by atoms with Crippen molar-refractivity contribution >= 4 is 17.6 Å². The summed E-state index contributed by atoms with van der Waals surface area (Å²) in [6.45, 7) is 0. The van der Waals surface area contributed by atoms with E-state index in [1.165, 1.54) is 0 Å². The minimum atomic E-state index is -1.08. The molecule has 1 fully saturated rings. The van der Waals surface area contributed by atoms with E-state index >= 15 is 0 Å². The molecular weight excluding hydrogens is 202 g/mol. The summed E-state index contributed by atoms with van der Waals surface area (Å²) in [5.41, 5.74) is 5.50. The SMILES string of the molecule is N[C@]1(C(=O)O)C[C@@H]1c1cccc(Cl)c1. The Labute approximate surface area is 86.5 Å². The maximum Gasteiger partial charge on any atom is 0.324 e. The van der Waals surface area contributed by atoms with Crippen LogP contribution >= 0.6 is 11.6 Å². The molecule has 0 aromatic heterocycles. The lowest BCUT2D eigenvalue weighted by molar-refractivity contribution is -0.139. The Balaban J connectivity index is 2.25. The standard InChI is InChI=1S/C10H10ClNO2/c11-7-3-1-2-6(4-7)8-5-10(8,12)9(13)14/h1-4,8H,5,12H2,(H,13,14)/t8-,10-/m1/s1. The zero-order chi connectivity index (χ0) is 10.3. The van der Waals surface area contributed by atoms with E-state index < -0.39 is 11.5 Å². The van der Waals surface area contributed by atoms with Crippen LogP contribution in [0.5, 0.6) is 0 Å². The Morgan fingerprint density at radius 2 is 2.36 bits per heavy atom. The van der Waals surface area contributed by atoms with Crippen LogP contribution in [0.15, 0.2) is 24.3 Å². The van der Waals surface area contributed by atoms with Crippen LogP contribution in [0, 0.1) is 0 Å². The van der Waals surface area contributed by atoms with Gasteiger partial charge in [-0.1, -0.05) is 23.7 Å². The second kappa shape index (κ2) is 2.97. The van der Waals surface area contributed by atoms with Gasteiger partial charge >= 0.3 is 5.97 Å². The van der Waals surface area contributed by atoms with E-state index in [2.05, 4.69) is 0 Å². The molecule has 14 heavy (non-hydrogen) atoms. The summed E-state index contributed by atoms with van der Waals surface area (Å²) in [4.78, 5) is 10.8. The van der Waals surface area contributed by atoms with Crippen molar-refractivity contribution in [3.63, 3.8) is 0 Å². The molecule has 1 saturated carbocycles. The normalized spacial score (nSPS) is 30.0. The quantitative estimate of drug-likeness (QED) is 0.781. The summed E-state index contributed by atoms with van der Waals surface area (Å²) >= 11 is 5.80. The molecule has 0 bridgehead atoms. The van der Waals surface area contributed by atoms with E-state index in [-0.39, 0.29) is 5.92 Å². The lowest BCUT2D eigenvalue weighted by Gasteiger charge is -2.05. The van der Waals surface area contributed by atoms with E-state index in [0.717, 1.165) is 5.56 Å². The van der Waals surface area contributed by atoms with Gasteiger partial charge in [-0.05, 0) is 24.1 Å². The van der Waals surface area contributed by atoms with Crippen LogP contribution in [0.2, 0.25) is 5.02 Å². The van der Waals surface area contributed by atoms with E-state index in [1.807, 2.05) is 6.07 Å². The zero-order valence-electron chi connectivity index (χ0n) is 7.40. The third kappa shape index (κ3) is 1.38. The van der Waals surface area contributed by atoms with Crippen molar-refractivity contribution in [2.45, 2.75) is 17.9 Å². The van der Waals surface area contributed by atoms with E-state index in [9.17, 15) is 4.79 Å². The van der Waals surface area contributed by atoms with Crippen molar-refractivity contribution < 1.29 is 9.90 Å². The van der Waals surface area contributed by atoms with Crippen LogP contribution in [0.1, 0.15) is 17.9 Å². The highest BCUT2D eigenvalue weighted by Gasteiger charge is 2.58. The first-order valence-corrected chi connectivity index (χ1v) is 4.69. The van der Waals surface area contributed by atoms with Crippen LogP contribution in [-0.2, 0) is 4.79 Å². The minimum absolute atomic E-state index is 0.0984. The molecular formula is C10H10ClNO2. The molecule has 0 radical (unpaired) electrons. The second-order valence-corrected chi connectivity index (χ2v) is 4.09. The Morgan fingerprint density at radius 3 is 2.86 bits per heavy atom. The lowest BCUT2D eigenvalue weighted by atomic mass is 10.1. The number of hydrogen-bond acceptors (Lipinski definition) is 2. The van der Waals surface area contributed by atoms with Crippen molar-refractivity contribution in [2.24, 2.45) is 5.73 Å². The zero-order valence-corrected chi connectivity index (χ0v) is 8.16. The number of halogens is 1. The number of aliphatic carboxylic acids is 1. The molecule has 1 aromatic carbocycles. The Bertz CT molecular complexity index is 393. The minimum Gasteiger partial charge on any atom is -0.480 e. The van der Waals surface area contributed by atoms with Crippen molar-refractivity contribution in [2.75, 3.05) is 0 Å². The molecule has 0 saturated heterocycles. The van der Waals surface area contributed by atoms with Crippen LogP contribution in [0.3, 0.4) is 0 Å². The maximum absolute atomic E-state index is 10.8. The van der Waals surface area contributed by atoms with E-state index in [0.29, 0.717) is 11.4 Å². The first-order chi connectivity index (χ1) is 6.54. The number of hydrogen-bond donors (Lipinski definition) is 2. The molecule has 0 amide bonds. The predicted molar refractivity (Wildman–Crippen MR) is 53.4 cm³/mol. The smallest absolute Gasteiger partial charge is 0.324 e. The van der Waals surface area contributed by atoms with Gasteiger partial charge in [0, 0.05) is 10.9 Å². The van der Waals surface area contributed by atoms with Gasteiger partial charge in [-0.25, -0.2) is 0 Å². The molecule has 0 heterocycles. The Morgan fingerprint density at radius 1 is 1.64 bits per heavy atom. The Hall–Kier alpha value is -1.06. The first kappa shape index (κ1) is 9.49. The fourth-order valence-electron chi connectivity index (χ4n) is 1.65. The first-order valence-electron chi connectivity index (χ1n) is 4.32. The fourth-order valence-corrected chi connectivity index (χ4v) is 1.85. The average Bonchev–Trinajstić information content (AvgIpc) is 2.80. The van der Waals surface area contributed by atoms with Gasteiger partial charge in [0.1, 0.15) is 5.54 Å². The number of rotatable bonds is 2. The molecule has 4 heteroatoms. The van der Waals surface area contributed by atoms with Crippen LogP contribution in [0.25, 0.3) is 0 Å². The van der Waals surface area contributed by atoms with Gasteiger partial charge in [0.05, 0.1) is 0 Å². The van der Waals surface area contributed by atoms with Gasteiger partial charge < -0.3 is 10.8 Å². The predicted octanol–water partition coefficient (Wildman–Crippen LogP) is 1.61. The number of carboxylic acids is 1. The molecule has 74 valence electrons. The summed E-state index contributed by atoms with van der Waals surface area (Å²) in [6.07, 6.45) is 0.489. The van der Waals surface area contributed by atoms with Crippen LogP contribution in [0.4, 0.5) is 0 Å². The molecule has 2 atom stereocenters. The summed E-state index contributed by atoms with van der Waals surface area (Å²) < 4.78 is 0. The molecule has 3 nitrogen and oxygen atoms in total. The highest BCUT2D eigenvalue weighted by molar-refractivity contribution is 6.30. The molecule has 2 rings (SSSR count). The van der Waals surface area contributed by atoms with Crippen molar-refractivity contribution in [1.29, 1.82) is 0 Å². The van der Waals surface area contributed by atoms with Crippen molar-refractivity contribution in [3.05, 3.63) is 34.9 Å². The molecule has 1 aromatic rings. The number of carbonyl (C=O) groups is 1. The summed E-state index contributed by atoms with van der Waals surface area (Å²) in [5, 5.41) is 9.47. The molecule has 0 aliphatic heterocycles. The largest absolute Gasteiger partial charge is 0.480 e. The summed E-state index contributed by atoms with van der Waals surface area (Å²) in [6, 6.07) is 7.18. The van der Waals surface area contributed by atoms with E-state index in [4.69, 9.17) is 22.4 Å². The molecule has 1 aliphatic carbocycles. The van der Waals surface area contributed by atoms with Gasteiger partial charge in [-0.3, -0.25) is 4.79 Å². The van der Waals surface area contributed by atoms with Gasteiger partial charge in [-0.15, -0.1) is 0 Å². The molecule has 0 unspecified atom stereocenters. The van der Waals surface area contributed by atoms with E-state index in [1.54, 1.807) is 18.2 Å². The van der Waals surface area contributed by atoms with Gasteiger partial charge in [0.25, 0.3) is 0 Å². The molecule has 3 N–H and O–H groups in total. The van der Waals surface area contributed by atoms with Crippen molar-refractivity contribution in [3.8, 4) is 0 Å². The number of benzene rings is 1. The fraction of sp³-hybridized carbons (Fsp3) is 0.300. The monoisotopic (exact) mass is 211 g/mol. The number of nitrogens with two attached hydrogens (primary N) is 1. The highest BCUT2D eigenvalue weighted by Crippen LogP contribution is 2.49. The molecule has 1 aliphatic rings. The number of carboxylic acid groups (broad SMARTS) is 1. The summed E-state index contributed by atoms with van der Waals surface area (Å²) in [5.74, 6) is -1.04. The van der Waals surface area contributed by atoms with Gasteiger partial charge in [-0.2, -0.15) is 0 Å². The lowest BCUT2D eigenvalue weighted by Crippen LogP contribution is -2.34. The second-order valence-electron chi connectivity index (χ2n) is 3.66. The third-order valence-corrected chi connectivity index (χ3v) is 2.89. The van der Waals surface area contributed by atoms with Crippen LogP contribution in [-0.4, -0.2) is 16.6 Å². The topological polar surface area (TPSA) is 63.3 Å². The average molecular weight is 212 g/mol. The Kier molecular flexibility index (Phi) is 2.01. The van der Waals surface area contributed by atoms with Gasteiger partial charge in [0.2, 0.25) is 0 Å². The summed E-state index contributed by atoms with van der Waals surface area (Å²) in [7, 11) is 0. The van der Waals surface area contributed by atoms with Gasteiger partial charge in [0.15, 0.2) is 0 Å². The third-order valence-electron chi connectivity index (χ3n) is 2.65.